The van der Waals surface area contributed by atoms with Crippen molar-refractivity contribution < 1.29 is 9.59 Å². The number of ketones is 1. The Labute approximate surface area is 124 Å². The third-order valence-electron chi connectivity index (χ3n) is 2.95. The molecule has 1 amide bonds. The number of aromatic amines is 1. The van der Waals surface area contributed by atoms with E-state index < -0.39 is 11.7 Å². The Morgan fingerprint density at radius 1 is 1.10 bits per heavy atom. The lowest BCUT2D eigenvalue weighted by atomic mass is 10.2. The second kappa shape index (κ2) is 5.41. The molecule has 21 heavy (non-hydrogen) atoms. The fourth-order valence-electron chi connectivity index (χ4n) is 2.02. The number of hydrogen-bond donors (Lipinski definition) is 2. The summed E-state index contributed by atoms with van der Waals surface area (Å²) in [6, 6.07) is 13.0. The van der Waals surface area contributed by atoms with E-state index in [0.717, 1.165) is 15.9 Å². The van der Waals surface area contributed by atoms with Crippen LogP contribution in [0.2, 0.25) is 0 Å². The Kier molecular flexibility index (Phi) is 3.45. The molecule has 0 aliphatic carbocycles. The van der Waals surface area contributed by atoms with Gasteiger partial charge in [-0.1, -0.05) is 36.0 Å². The Morgan fingerprint density at radius 3 is 2.57 bits per heavy atom. The quantitative estimate of drug-likeness (QED) is 0.571. The minimum absolute atomic E-state index is 0.208. The van der Waals surface area contributed by atoms with Gasteiger partial charge in [0.25, 0.3) is 11.7 Å². The lowest BCUT2D eigenvalue weighted by Gasteiger charge is -2.02. The zero-order valence-electron chi connectivity index (χ0n) is 10.9. The van der Waals surface area contributed by atoms with E-state index in [9.17, 15) is 9.59 Å². The van der Waals surface area contributed by atoms with E-state index in [0.29, 0.717) is 4.90 Å². The minimum atomic E-state index is -0.982. The largest absolute Gasteiger partial charge is 0.363 e. The normalized spacial score (nSPS) is 10.7. The maximum atomic E-state index is 12.0. The summed E-state index contributed by atoms with van der Waals surface area (Å²) in [7, 11) is 0. The molecule has 104 valence electrons. The van der Waals surface area contributed by atoms with Gasteiger partial charge in [-0.15, -0.1) is 0 Å². The summed E-state index contributed by atoms with van der Waals surface area (Å²) in [4.78, 5) is 31.0. The van der Waals surface area contributed by atoms with E-state index in [1.54, 1.807) is 6.20 Å². The average molecular weight is 297 g/mol. The second-order valence-electron chi connectivity index (χ2n) is 4.34. The molecule has 6 heteroatoms. The van der Waals surface area contributed by atoms with Gasteiger partial charge in [-0.2, -0.15) is 0 Å². The standard InChI is InChI=1S/C15H11N3O2S/c16-15(20)13(19)12-14(21-11-7-3-4-8-17-11)9-5-1-2-6-10(9)18-12/h1-8,18H,(H2,16,20). The number of amides is 1. The van der Waals surface area contributed by atoms with Crippen LogP contribution in [0.3, 0.4) is 0 Å². The van der Waals surface area contributed by atoms with Gasteiger partial charge in [0.05, 0.1) is 4.90 Å². The Morgan fingerprint density at radius 2 is 1.86 bits per heavy atom. The number of rotatable bonds is 4. The highest BCUT2D eigenvalue weighted by molar-refractivity contribution is 7.99. The van der Waals surface area contributed by atoms with Crippen LogP contribution in [-0.4, -0.2) is 21.7 Å². The topological polar surface area (TPSA) is 88.8 Å². The Bertz CT molecular complexity index is 827. The number of carbonyl (C=O) groups is 2. The lowest BCUT2D eigenvalue weighted by Crippen LogP contribution is -2.23. The number of carbonyl (C=O) groups excluding carboxylic acids is 2. The van der Waals surface area contributed by atoms with Gasteiger partial charge in [-0.05, 0) is 18.2 Å². The highest BCUT2D eigenvalue weighted by atomic mass is 32.2. The number of primary amides is 1. The van der Waals surface area contributed by atoms with E-state index in [1.807, 2.05) is 42.5 Å². The van der Waals surface area contributed by atoms with Crippen LogP contribution in [0, 0.1) is 0 Å². The summed E-state index contributed by atoms with van der Waals surface area (Å²) < 4.78 is 0. The number of para-hydroxylation sites is 1. The number of nitrogens with one attached hydrogen (secondary N) is 1. The molecule has 2 heterocycles. The fraction of sp³-hybridized carbons (Fsp3) is 0. The second-order valence-corrected chi connectivity index (χ2v) is 5.37. The Hall–Kier alpha value is -2.60. The van der Waals surface area contributed by atoms with Crippen LogP contribution in [0.15, 0.2) is 58.6 Å². The number of pyridine rings is 1. The molecular formula is C15H11N3O2S. The number of H-pyrrole nitrogens is 1. The molecule has 0 fully saturated rings. The van der Waals surface area contributed by atoms with Gasteiger partial charge in [0.2, 0.25) is 0 Å². The molecule has 1 aromatic carbocycles. The van der Waals surface area contributed by atoms with Crippen molar-refractivity contribution in [2.24, 2.45) is 5.73 Å². The molecule has 0 aliphatic heterocycles. The highest BCUT2D eigenvalue weighted by Crippen LogP contribution is 2.35. The first-order valence-corrected chi connectivity index (χ1v) is 7.02. The number of nitrogens with two attached hydrogens (primary N) is 1. The van der Waals surface area contributed by atoms with E-state index in [1.165, 1.54) is 11.8 Å². The predicted molar refractivity (Wildman–Crippen MR) is 80.2 cm³/mol. The van der Waals surface area contributed by atoms with Gasteiger partial charge in [-0.3, -0.25) is 9.59 Å². The molecule has 2 aromatic heterocycles. The third kappa shape index (κ3) is 2.53. The van der Waals surface area contributed by atoms with E-state index in [4.69, 9.17) is 5.73 Å². The van der Waals surface area contributed by atoms with Crippen LogP contribution < -0.4 is 5.73 Å². The monoisotopic (exact) mass is 297 g/mol. The molecule has 5 nitrogen and oxygen atoms in total. The van der Waals surface area contributed by atoms with Gasteiger partial charge in [0.1, 0.15) is 10.7 Å². The minimum Gasteiger partial charge on any atom is -0.363 e. The molecule has 0 atom stereocenters. The molecule has 3 aromatic rings. The molecule has 0 bridgehead atoms. The molecule has 0 spiro atoms. The maximum Gasteiger partial charge on any atom is 0.291 e. The van der Waals surface area contributed by atoms with E-state index in [2.05, 4.69) is 9.97 Å². The lowest BCUT2D eigenvalue weighted by molar-refractivity contribution is -0.114. The van der Waals surface area contributed by atoms with Crippen LogP contribution in [-0.2, 0) is 4.79 Å². The summed E-state index contributed by atoms with van der Waals surface area (Å²) in [5.74, 6) is -1.71. The van der Waals surface area contributed by atoms with Crippen LogP contribution in [0.1, 0.15) is 10.5 Å². The molecule has 0 radical (unpaired) electrons. The van der Waals surface area contributed by atoms with Crippen molar-refractivity contribution in [3.8, 4) is 0 Å². The molecule has 0 aliphatic rings. The number of fused-ring (bicyclic) bond motifs is 1. The first-order valence-electron chi connectivity index (χ1n) is 6.20. The molecule has 3 rings (SSSR count). The zero-order chi connectivity index (χ0) is 14.8. The van der Waals surface area contributed by atoms with Gasteiger partial charge in [-0.25, -0.2) is 4.98 Å². The first-order chi connectivity index (χ1) is 10.2. The smallest absolute Gasteiger partial charge is 0.291 e. The number of benzene rings is 1. The summed E-state index contributed by atoms with van der Waals surface area (Å²) in [6.45, 7) is 0. The number of nitrogens with zero attached hydrogens (tertiary/aromatic N) is 1. The van der Waals surface area contributed by atoms with Crippen molar-refractivity contribution in [2.45, 2.75) is 9.92 Å². The third-order valence-corrected chi connectivity index (χ3v) is 4.03. The molecule has 3 N–H and O–H groups in total. The van der Waals surface area contributed by atoms with Crippen molar-refractivity contribution in [2.75, 3.05) is 0 Å². The first kappa shape index (κ1) is 13.4. The highest BCUT2D eigenvalue weighted by Gasteiger charge is 2.22. The molecule has 0 unspecified atom stereocenters. The summed E-state index contributed by atoms with van der Waals surface area (Å²) in [5, 5.41) is 1.60. The summed E-state index contributed by atoms with van der Waals surface area (Å²) in [6.07, 6.45) is 1.67. The zero-order valence-corrected chi connectivity index (χ0v) is 11.7. The van der Waals surface area contributed by atoms with Gasteiger partial charge < -0.3 is 10.7 Å². The van der Waals surface area contributed by atoms with Crippen LogP contribution >= 0.6 is 11.8 Å². The van der Waals surface area contributed by atoms with Gasteiger partial charge >= 0.3 is 0 Å². The molecular weight excluding hydrogens is 286 g/mol. The van der Waals surface area contributed by atoms with E-state index >= 15 is 0 Å². The summed E-state index contributed by atoms with van der Waals surface area (Å²) >= 11 is 1.33. The summed E-state index contributed by atoms with van der Waals surface area (Å²) in [5.41, 5.74) is 6.10. The van der Waals surface area contributed by atoms with Gasteiger partial charge in [0, 0.05) is 17.1 Å². The maximum absolute atomic E-state index is 12.0. The van der Waals surface area contributed by atoms with Crippen LogP contribution in [0.25, 0.3) is 10.9 Å². The molecule has 0 saturated heterocycles. The van der Waals surface area contributed by atoms with Crippen molar-refractivity contribution in [1.82, 2.24) is 9.97 Å². The number of aromatic nitrogens is 2. The predicted octanol–water partition coefficient (Wildman–Crippen LogP) is 2.38. The average Bonchev–Trinajstić information content (AvgIpc) is 2.86. The van der Waals surface area contributed by atoms with Crippen LogP contribution in [0.5, 0.6) is 0 Å². The fourth-order valence-corrected chi connectivity index (χ4v) is 3.02. The van der Waals surface area contributed by atoms with Crippen molar-refractivity contribution in [3.63, 3.8) is 0 Å². The van der Waals surface area contributed by atoms with E-state index in [-0.39, 0.29) is 5.69 Å². The van der Waals surface area contributed by atoms with Crippen molar-refractivity contribution in [1.29, 1.82) is 0 Å². The number of hydrogen-bond acceptors (Lipinski definition) is 4. The van der Waals surface area contributed by atoms with Crippen LogP contribution in [0.4, 0.5) is 0 Å². The van der Waals surface area contributed by atoms with Crippen molar-refractivity contribution >= 4 is 34.4 Å². The molecule has 0 saturated carbocycles. The van der Waals surface area contributed by atoms with Gasteiger partial charge in [0.15, 0.2) is 0 Å². The number of Topliss-reactive ketones (excluding diaryl/α,β-unsaturated/α-hetero) is 1. The Balaban J connectivity index is 2.16. The van der Waals surface area contributed by atoms with Crippen molar-refractivity contribution in [3.05, 3.63) is 54.4 Å². The SMILES string of the molecule is NC(=O)C(=O)c1[nH]c2ccccc2c1Sc1ccccn1.